The number of halogens is 2. The van der Waals surface area contributed by atoms with Crippen LogP contribution in [0.2, 0.25) is 5.02 Å². The van der Waals surface area contributed by atoms with Gasteiger partial charge < -0.3 is 10.6 Å². The molecule has 1 unspecified atom stereocenters. The first-order valence-corrected chi connectivity index (χ1v) is 7.48. The van der Waals surface area contributed by atoms with Crippen LogP contribution in [0.3, 0.4) is 0 Å². The molecule has 0 aliphatic carbocycles. The second kappa shape index (κ2) is 5.43. The molecular formula is C14H18BrClN2O. The van der Waals surface area contributed by atoms with Gasteiger partial charge in [0.1, 0.15) is 0 Å². The topological polar surface area (TPSA) is 46.3 Å². The van der Waals surface area contributed by atoms with Crippen LogP contribution in [0.4, 0.5) is 0 Å². The highest BCUT2D eigenvalue weighted by Crippen LogP contribution is 2.30. The summed E-state index contributed by atoms with van der Waals surface area (Å²) in [6, 6.07) is 5.39. The molecule has 2 N–H and O–H groups in total. The highest BCUT2D eigenvalue weighted by Gasteiger charge is 2.35. The molecule has 104 valence electrons. The van der Waals surface area contributed by atoms with Gasteiger partial charge in [0.2, 0.25) is 0 Å². The summed E-state index contributed by atoms with van der Waals surface area (Å²) in [6.07, 6.45) is 0.837. The maximum atomic E-state index is 12.5. The molecule has 1 aromatic rings. The number of hydrogen-bond acceptors (Lipinski definition) is 2. The second-order valence-electron chi connectivity index (χ2n) is 5.73. The fourth-order valence-electron chi connectivity index (χ4n) is 2.38. The summed E-state index contributed by atoms with van der Waals surface area (Å²) in [4.78, 5) is 14.4. The Bertz CT molecular complexity index is 504. The fraction of sp³-hybridized carbons (Fsp3) is 0.500. The van der Waals surface area contributed by atoms with Gasteiger partial charge >= 0.3 is 0 Å². The Morgan fingerprint density at radius 3 is 2.79 bits per heavy atom. The van der Waals surface area contributed by atoms with Gasteiger partial charge in [-0.15, -0.1) is 0 Å². The fourth-order valence-corrected chi connectivity index (χ4v) is 3.23. The lowest BCUT2D eigenvalue weighted by Gasteiger charge is -2.42. The predicted octanol–water partition coefficient (Wildman–Crippen LogP) is 3.30. The molecule has 0 saturated carbocycles. The molecule has 1 aliphatic heterocycles. The second-order valence-corrected chi connectivity index (χ2v) is 7.03. The summed E-state index contributed by atoms with van der Waals surface area (Å²) in [6.45, 7) is 5.60. The minimum Gasteiger partial charge on any atom is -0.338 e. The number of amides is 1. The van der Waals surface area contributed by atoms with E-state index in [4.69, 9.17) is 17.3 Å². The third kappa shape index (κ3) is 3.12. The van der Waals surface area contributed by atoms with E-state index in [1.807, 2.05) is 4.90 Å². The van der Waals surface area contributed by atoms with Crippen molar-refractivity contribution in [2.45, 2.75) is 26.3 Å². The van der Waals surface area contributed by atoms with Crippen LogP contribution in [0, 0.1) is 5.41 Å². The molecule has 0 spiro atoms. The molecule has 1 saturated heterocycles. The van der Waals surface area contributed by atoms with Crippen LogP contribution >= 0.6 is 27.5 Å². The minimum atomic E-state index is -0.0488. The zero-order chi connectivity index (χ0) is 14.2. The average Bonchev–Trinajstić information content (AvgIpc) is 2.32. The number of hydrogen-bond donors (Lipinski definition) is 1. The van der Waals surface area contributed by atoms with Crippen molar-refractivity contribution in [3.8, 4) is 0 Å². The predicted molar refractivity (Wildman–Crippen MR) is 81.4 cm³/mol. The minimum absolute atomic E-state index is 0.0310. The molecule has 1 amide bonds. The Morgan fingerprint density at radius 2 is 2.21 bits per heavy atom. The number of benzene rings is 1. The molecule has 0 aromatic heterocycles. The number of nitrogens with zero attached hydrogens (tertiary/aromatic N) is 1. The first kappa shape index (κ1) is 14.8. The lowest BCUT2D eigenvalue weighted by Crippen LogP contribution is -2.54. The van der Waals surface area contributed by atoms with Crippen LogP contribution < -0.4 is 5.73 Å². The number of piperidine rings is 1. The van der Waals surface area contributed by atoms with E-state index >= 15 is 0 Å². The van der Waals surface area contributed by atoms with Gasteiger partial charge in [-0.1, -0.05) is 25.4 Å². The average molecular weight is 346 g/mol. The number of nitrogens with two attached hydrogens (primary N) is 1. The molecule has 1 heterocycles. The summed E-state index contributed by atoms with van der Waals surface area (Å²) < 4.78 is 0.734. The van der Waals surface area contributed by atoms with Crippen LogP contribution in [0.5, 0.6) is 0 Å². The van der Waals surface area contributed by atoms with Crippen molar-refractivity contribution in [3.63, 3.8) is 0 Å². The molecule has 1 atom stereocenters. The molecule has 5 heteroatoms. The first-order chi connectivity index (χ1) is 8.81. The Hall–Kier alpha value is -0.580. The van der Waals surface area contributed by atoms with Crippen molar-refractivity contribution in [2.24, 2.45) is 11.1 Å². The highest BCUT2D eigenvalue weighted by atomic mass is 79.9. The highest BCUT2D eigenvalue weighted by molar-refractivity contribution is 9.10. The third-order valence-corrected chi connectivity index (χ3v) is 4.65. The maximum Gasteiger partial charge on any atom is 0.255 e. The van der Waals surface area contributed by atoms with Gasteiger partial charge in [0, 0.05) is 28.6 Å². The Balaban J connectivity index is 2.21. The van der Waals surface area contributed by atoms with Crippen molar-refractivity contribution in [3.05, 3.63) is 33.3 Å². The number of carbonyl (C=O) groups is 1. The smallest absolute Gasteiger partial charge is 0.255 e. The van der Waals surface area contributed by atoms with Crippen molar-refractivity contribution in [2.75, 3.05) is 13.1 Å². The lowest BCUT2D eigenvalue weighted by molar-refractivity contribution is 0.0532. The summed E-state index contributed by atoms with van der Waals surface area (Å²) in [7, 11) is 0. The number of carbonyl (C=O) groups excluding carboxylic acids is 1. The number of likely N-dealkylation sites (tertiary alicyclic amines) is 1. The third-order valence-electron chi connectivity index (χ3n) is 3.76. The molecule has 2 rings (SSSR count). The van der Waals surface area contributed by atoms with Gasteiger partial charge in [-0.05, 0) is 46.0 Å². The summed E-state index contributed by atoms with van der Waals surface area (Å²) >= 11 is 9.30. The Kier molecular flexibility index (Phi) is 4.23. The Morgan fingerprint density at radius 1 is 1.53 bits per heavy atom. The summed E-state index contributed by atoms with van der Waals surface area (Å²) in [5, 5.41) is 0.615. The standard InChI is InChI=1S/C14H18BrClN2O/c1-14(2)8-18(6-5-12(14)17)13(19)10-4-3-9(16)7-11(10)15/h3-4,7,12H,5-6,8,17H2,1-2H3. The molecular weight excluding hydrogens is 328 g/mol. The van der Waals surface area contributed by atoms with E-state index in [1.165, 1.54) is 0 Å². The Labute approximate surface area is 127 Å². The van der Waals surface area contributed by atoms with Crippen molar-refractivity contribution >= 4 is 33.4 Å². The van der Waals surface area contributed by atoms with Crippen LogP contribution in [0.15, 0.2) is 22.7 Å². The molecule has 0 bridgehead atoms. The van der Waals surface area contributed by atoms with Crippen molar-refractivity contribution < 1.29 is 4.79 Å². The van der Waals surface area contributed by atoms with E-state index in [1.54, 1.807) is 18.2 Å². The molecule has 3 nitrogen and oxygen atoms in total. The van der Waals surface area contributed by atoms with Gasteiger partial charge in [0.15, 0.2) is 0 Å². The van der Waals surface area contributed by atoms with E-state index in [9.17, 15) is 4.79 Å². The lowest BCUT2D eigenvalue weighted by atomic mass is 9.79. The molecule has 0 radical (unpaired) electrons. The first-order valence-electron chi connectivity index (χ1n) is 6.31. The normalized spacial score (nSPS) is 22.4. The van der Waals surface area contributed by atoms with Crippen LogP contribution in [0.1, 0.15) is 30.6 Å². The van der Waals surface area contributed by atoms with Crippen LogP contribution in [0.25, 0.3) is 0 Å². The summed E-state index contributed by atoms with van der Waals surface area (Å²) in [5.74, 6) is 0.0310. The van der Waals surface area contributed by atoms with E-state index in [-0.39, 0.29) is 17.4 Å². The van der Waals surface area contributed by atoms with Crippen molar-refractivity contribution in [1.29, 1.82) is 0 Å². The van der Waals surface area contributed by atoms with Gasteiger partial charge in [0.05, 0.1) is 5.56 Å². The number of rotatable bonds is 1. The van der Waals surface area contributed by atoms with Gasteiger partial charge in [-0.3, -0.25) is 4.79 Å². The molecule has 19 heavy (non-hydrogen) atoms. The van der Waals surface area contributed by atoms with E-state index in [0.717, 1.165) is 10.9 Å². The zero-order valence-electron chi connectivity index (χ0n) is 11.1. The van der Waals surface area contributed by atoms with Crippen LogP contribution in [-0.2, 0) is 0 Å². The zero-order valence-corrected chi connectivity index (χ0v) is 13.5. The monoisotopic (exact) mass is 344 g/mol. The quantitative estimate of drug-likeness (QED) is 0.849. The van der Waals surface area contributed by atoms with Crippen LogP contribution in [-0.4, -0.2) is 29.9 Å². The van der Waals surface area contributed by atoms with E-state index in [2.05, 4.69) is 29.8 Å². The molecule has 1 aromatic carbocycles. The summed E-state index contributed by atoms with van der Waals surface area (Å²) in [5.41, 5.74) is 6.70. The largest absolute Gasteiger partial charge is 0.338 e. The molecule has 1 fully saturated rings. The maximum absolute atomic E-state index is 12.5. The van der Waals surface area contributed by atoms with Crippen molar-refractivity contribution in [1.82, 2.24) is 4.90 Å². The van der Waals surface area contributed by atoms with Gasteiger partial charge in [-0.2, -0.15) is 0 Å². The SMILES string of the molecule is CC1(C)CN(C(=O)c2ccc(Cl)cc2Br)CCC1N. The van der Waals surface area contributed by atoms with Gasteiger partial charge in [-0.25, -0.2) is 0 Å². The van der Waals surface area contributed by atoms with E-state index < -0.39 is 0 Å². The van der Waals surface area contributed by atoms with E-state index in [0.29, 0.717) is 23.7 Å². The molecule has 1 aliphatic rings. The van der Waals surface area contributed by atoms with Gasteiger partial charge in [0.25, 0.3) is 5.91 Å².